The highest BCUT2D eigenvalue weighted by molar-refractivity contribution is 7.89. The van der Waals surface area contributed by atoms with Crippen LogP contribution in [0, 0.1) is 12.8 Å². The molecular weight excluding hydrogens is 461 g/mol. The summed E-state index contributed by atoms with van der Waals surface area (Å²) in [5.41, 5.74) is 5.64. The molecule has 1 aliphatic rings. The highest BCUT2D eigenvalue weighted by Gasteiger charge is 2.33. The van der Waals surface area contributed by atoms with Crippen LogP contribution in [0.1, 0.15) is 18.7 Å². The molecule has 1 amide bonds. The maximum Gasteiger partial charge on any atom is 0.262 e. The Morgan fingerprint density at radius 3 is 2.28 bits per heavy atom. The number of rotatable bonds is 5. The van der Waals surface area contributed by atoms with E-state index in [0.29, 0.717) is 29.4 Å². The fraction of sp³-hybridized carbons (Fsp3) is 0.412. The lowest BCUT2D eigenvalue weighted by Gasteiger charge is -2.30. The molecule has 3 rings (SSSR count). The van der Waals surface area contributed by atoms with E-state index in [-0.39, 0.29) is 40.0 Å². The number of piperidine rings is 1. The monoisotopic (exact) mass is 479 g/mol. The molecule has 1 aromatic carbocycles. The van der Waals surface area contributed by atoms with Gasteiger partial charge in [0.25, 0.3) is 10.0 Å². The lowest BCUT2D eigenvalue weighted by atomic mass is 9.98. The van der Waals surface area contributed by atoms with E-state index in [2.05, 4.69) is 15.8 Å². The van der Waals surface area contributed by atoms with Crippen LogP contribution < -0.4 is 10.9 Å². The second kappa shape index (κ2) is 8.69. The number of aromatic nitrogens is 2. The third-order valence-corrected chi connectivity index (χ3v) is 7.42. The minimum absolute atomic E-state index is 0.0223. The van der Waals surface area contributed by atoms with Crippen LogP contribution in [0.5, 0.6) is 0 Å². The van der Waals surface area contributed by atoms with E-state index >= 15 is 0 Å². The van der Waals surface area contributed by atoms with E-state index in [1.807, 2.05) is 0 Å². The number of halogens is 3. The summed E-state index contributed by atoms with van der Waals surface area (Å²) in [7, 11) is -1.94. The lowest BCUT2D eigenvalue weighted by molar-refractivity contribution is -0.125. The van der Waals surface area contributed by atoms with Crippen LogP contribution in [0.15, 0.2) is 23.4 Å². The van der Waals surface area contributed by atoms with Crippen molar-refractivity contribution >= 4 is 56.4 Å². The number of hydrazine groups is 1. The highest BCUT2D eigenvalue weighted by Crippen LogP contribution is 2.33. The Hall–Kier alpha value is -1.52. The topological polar surface area (TPSA) is 96.3 Å². The van der Waals surface area contributed by atoms with E-state index in [1.54, 1.807) is 18.5 Å². The van der Waals surface area contributed by atoms with E-state index in [0.717, 1.165) is 0 Å². The number of benzene rings is 1. The van der Waals surface area contributed by atoms with Crippen LogP contribution in [0.4, 0.5) is 5.69 Å². The van der Waals surface area contributed by atoms with Gasteiger partial charge in [0.15, 0.2) is 5.03 Å². The van der Waals surface area contributed by atoms with Crippen LogP contribution in [-0.4, -0.2) is 41.3 Å². The summed E-state index contributed by atoms with van der Waals surface area (Å²) in [5, 5.41) is 0.950. The molecule has 0 spiro atoms. The van der Waals surface area contributed by atoms with Crippen molar-refractivity contribution in [2.75, 3.05) is 18.5 Å². The Bertz CT molecular complexity index is 990. The molecule has 0 aliphatic carbocycles. The normalized spacial score (nSPS) is 16.0. The molecule has 0 saturated carbocycles. The van der Waals surface area contributed by atoms with Crippen LogP contribution in [-0.2, 0) is 21.9 Å². The summed E-state index contributed by atoms with van der Waals surface area (Å²) in [6.45, 7) is 2.21. The average molecular weight is 481 g/mol. The van der Waals surface area contributed by atoms with E-state index < -0.39 is 10.0 Å². The van der Waals surface area contributed by atoms with Gasteiger partial charge in [-0.3, -0.25) is 15.6 Å². The number of imidazole rings is 1. The Balaban J connectivity index is 1.58. The van der Waals surface area contributed by atoms with Gasteiger partial charge in [-0.15, -0.1) is 0 Å². The summed E-state index contributed by atoms with van der Waals surface area (Å²) < 4.78 is 28.5. The molecular formula is C17H20Cl3N5O3S. The van der Waals surface area contributed by atoms with E-state index in [4.69, 9.17) is 34.8 Å². The summed E-state index contributed by atoms with van der Waals surface area (Å²) in [6, 6.07) is 3.01. The van der Waals surface area contributed by atoms with Crippen LogP contribution in [0.3, 0.4) is 0 Å². The summed E-state index contributed by atoms with van der Waals surface area (Å²) in [4.78, 5) is 16.6. The predicted octanol–water partition coefficient (Wildman–Crippen LogP) is 3.23. The molecule has 0 bridgehead atoms. The first-order chi connectivity index (χ1) is 13.6. The number of aryl methyl sites for hydroxylation is 2. The van der Waals surface area contributed by atoms with Crippen molar-refractivity contribution in [1.82, 2.24) is 19.3 Å². The van der Waals surface area contributed by atoms with Crippen molar-refractivity contribution in [3.63, 3.8) is 0 Å². The van der Waals surface area contributed by atoms with Crippen molar-refractivity contribution in [2.45, 2.75) is 24.8 Å². The van der Waals surface area contributed by atoms with Gasteiger partial charge < -0.3 is 4.57 Å². The maximum absolute atomic E-state index is 12.7. The predicted molar refractivity (Wildman–Crippen MR) is 113 cm³/mol. The molecule has 158 valence electrons. The molecule has 2 heterocycles. The van der Waals surface area contributed by atoms with Crippen LogP contribution >= 0.6 is 34.8 Å². The molecule has 1 saturated heterocycles. The van der Waals surface area contributed by atoms with Crippen molar-refractivity contribution < 1.29 is 13.2 Å². The number of nitrogens with zero attached hydrogens (tertiary/aromatic N) is 3. The number of carbonyl (C=O) groups excluding carboxylic acids is 1. The SMILES string of the molecule is Cc1nc(S(=O)(=O)N2CCC(C(=O)NNc3c(Cl)cc(Cl)cc3Cl)CC2)cn1C. The van der Waals surface area contributed by atoms with Gasteiger partial charge >= 0.3 is 0 Å². The number of nitrogens with one attached hydrogen (secondary N) is 2. The standard InChI is InChI=1S/C17H20Cl3N5O3S/c1-10-21-15(9-24(10)2)29(27,28)25-5-3-11(4-6-25)17(26)23-22-16-13(19)7-12(18)8-14(16)20/h7-9,11,22H,3-6H2,1-2H3,(H,23,26). The summed E-state index contributed by atoms with van der Waals surface area (Å²) in [5.74, 6) is 0.00511. The zero-order chi connectivity index (χ0) is 21.3. The van der Waals surface area contributed by atoms with Gasteiger partial charge in [0.05, 0.1) is 15.7 Å². The fourth-order valence-electron chi connectivity index (χ4n) is 3.03. The summed E-state index contributed by atoms with van der Waals surface area (Å²) >= 11 is 18.0. The van der Waals surface area contributed by atoms with Crippen molar-refractivity contribution in [3.8, 4) is 0 Å². The quantitative estimate of drug-likeness (QED) is 0.641. The minimum Gasteiger partial charge on any atom is -0.337 e. The molecule has 0 radical (unpaired) electrons. The fourth-order valence-corrected chi connectivity index (χ4v) is 5.44. The zero-order valence-corrected chi connectivity index (χ0v) is 18.8. The molecule has 2 N–H and O–H groups in total. The van der Waals surface area contributed by atoms with Gasteiger partial charge in [-0.25, -0.2) is 13.4 Å². The third kappa shape index (κ3) is 4.80. The molecule has 8 nitrogen and oxygen atoms in total. The number of hydrogen-bond acceptors (Lipinski definition) is 5. The van der Waals surface area contributed by atoms with Crippen molar-refractivity contribution in [2.24, 2.45) is 13.0 Å². The molecule has 1 aliphatic heterocycles. The van der Waals surface area contributed by atoms with Crippen molar-refractivity contribution in [1.29, 1.82) is 0 Å². The molecule has 1 fully saturated rings. The van der Waals surface area contributed by atoms with Gasteiger partial charge in [0.1, 0.15) is 5.82 Å². The largest absolute Gasteiger partial charge is 0.337 e. The Morgan fingerprint density at radius 1 is 1.17 bits per heavy atom. The lowest BCUT2D eigenvalue weighted by Crippen LogP contribution is -2.44. The number of hydrogen-bond donors (Lipinski definition) is 2. The Labute approximate surface area is 184 Å². The molecule has 2 aromatic rings. The average Bonchev–Trinajstić information content (AvgIpc) is 3.00. The Kier molecular flexibility index (Phi) is 6.64. The van der Waals surface area contributed by atoms with Crippen molar-refractivity contribution in [3.05, 3.63) is 39.2 Å². The molecule has 29 heavy (non-hydrogen) atoms. The maximum atomic E-state index is 12.7. The first kappa shape index (κ1) is 22.2. The van der Waals surface area contributed by atoms with Gasteiger partial charge in [-0.2, -0.15) is 4.31 Å². The van der Waals surface area contributed by atoms with E-state index in [1.165, 1.54) is 22.6 Å². The van der Waals surface area contributed by atoms with Gasteiger partial charge in [-0.1, -0.05) is 34.8 Å². The summed E-state index contributed by atoms with van der Waals surface area (Å²) in [6.07, 6.45) is 2.27. The van der Waals surface area contributed by atoms with Crippen LogP contribution in [0.2, 0.25) is 15.1 Å². The molecule has 0 unspecified atom stereocenters. The van der Waals surface area contributed by atoms with Gasteiger partial charge in [-0.05, 0) is 31.9 Å². The van der Waals surface area contributed by atoms with E-state index in [9.17, 15) is 13.2 Å². The minimum atomic E-state index is -3.68. The zero-order valence-electron chi connectivity index (χ0n) is 15.7. The second-order valence-corrected chi connectivity index (χ2v) is 9.91. The Morgan fingerprint density at radius 2 is 1.76 bits per heavy atom. The first-order valence-corrected chi connectivity index (χ1v) is 11.4. The number of carbonyl (C=O) groups is 1. The van der Waals surface area contributed by atoms with Gasteiger partial charge in [0, 0.05) is 37.3 Å². The first-order valence-electron chi connectivity index (χ1n) is 8.80. The molecule has 1 aromatic heterocycles. The second-order valence-electron chi connectivity index (χ2n) is 6.77. The molecule has 0 atom stereocenters. The highest BCUT2D eigenvalue weighted by atomic mass is 35.5. The molecule has 12 heteroatoms. The number of sulfonamides is 1. The smallest absolute Gasteiger partial charge is 0.262 e. The van der Waals surface area contributed by atoms with Crippen LogP contribution in [0.25, 0.3) is 0 Å². The third-order valence-electron chi connectivity index (χ3n) is 4.83. The number of anilines is 1. The van der Waals surface area contributed by atoms with Gasteiger partial charge in [0.2, 0.25) is 5.91 Å². The number of amides is 1.